The molecule has 0 aromatic carbocycles. The Hall–Kier alpha value is -1.37. The SMILES string of the molecule is CCNc1cc(Sc2ncccc2Cl)nc(COC)n1. The molecule has 5 nitrogen and oxygen atoms in total. The Balaban J connectivity index is 2.28. The summed E-state index contributed by atoms with van der Waals surface area (Å²) in [6.07, 6.45) is 1.71. The summed E-state index contributed by atoms with van der Waals surface area (Å²) >= 11 is 7.51. The van der Waals surface area contributed by atoms with Gasteiger partial charge in [-0.2, -0.15) is 0 Å². The minimum absolute atomic E-state index is 0.364. The highest BCUT2D eigenvalue weighted by molar-refractivity contribution is 7.99. The van der Waals surface area contributed by atoms with Crippen molar-refractivity contribution in [3.63, 3.8) is 0 Å². The summed E-state index contributed by atoms with van der Waals surface area (Å²) in [6, 6.07) is 5.48. The number of rotatable bonds is 6. The van der Waals surface area contributed by atoms with Gasteiger partial charge in [0, 0.05) is 25.9 Å². The van der Waals surface area contributed by atoms with Gasteiger partial charge in [-0.1, -0.05) is 11.6 Å². The first-order valence-corrected chi connectivity index (χ1v) is 7.31. The maximum Gasteiger partial charge on any atom is 0.157 e. The van der Waals surface area contributed by atoms with Gasteiger partial charge in [-0.3, -0.25) is 0 Å². The van der Waals surface area contributed by atoms with Crippen LogP contribution in [0.5, 0.6) is 0 Å². The lowest BCUT2D eigenvalue weighted by molar-refractivity contribution is 0.177. The number of nitrogens with zero attached hydrogens (tertiary/aromatic N) is 3. The summed E-state index contributed by atoms with van der Waals surface area (Å²) in [6.45, 7) is 3.17. The number of ether oxygens (including phenoxy) is 1. The molecule has 2 heterocycles. The van der Waals surface area contributed by atoms with Crippen LogP contribution in [-0.4, -0.2) is 28.6 Å². The summed E-state index contributed by atoms with van der Waals surface area (Å²) in [4.78, 5) is 13.0. The Kier molecular flexibility index (Phi) is 5.58. The third-order valence-electron chi connectivity index (χ3n) is 2.31. The molecule has 2 aromatic heterocycles. The highest BCUT2D eigenvalue weighted by Gasteiger charge is 2.09. The van der Waals surface area contributed by atoms with Crippen LogP contribution in [0.25, 0.3) is 0 Å². The van der Waals surface area contributed by atoms with Crippen molar-refractivity contribution in [2.45, 2.75) is 23.6 Å². The second-order valence-corrected chi connectivity index (χ2v) is 5.28. The van der Waals surface area contributed by atoms with E-state index >= 15 is 0 Å². The molecule has 2 rings (SSSR count). The summed E-state index contributed by atoms with van der Waals surface area (Å²) in [5, 5.41) is 5.28. The van der Waals surface area contributed by atoms with Crippen molar-refractivity contribution in [1.82, 2.24) is 15.0 Å². The van der Waals surface area contributed by atoms with E-state index in [1.54, 1.807) is 25.4 Å². The molecule has 106 valence electrons. The van der Waals surface area contributed by atoms with Crippen molar-refractivity contribution < 1.29 is 4.74 Å². The predicted molar refractivity (Wildman–Crippen MR) is 80.3 cm³/mol. The van der Waals surface area contributed by atoms with Gasteiger partial charge < -0.3 is 10.1 Å². The van der Waals surface area contributed by atoms with Gasteiger partial charge in [0.05, 0.1) is 5.02 Å². The smallest absolute Gasteiger partial charge is 0.157 e. The Morgan fingerprint density at radius 1 is 1.40 bits per heavy atom. The van der Waals surface area contributed by atoms with Gasteiger partial charge >= 0.3 is 0 Å². The maximum atomic E-state index is 6.11. The number of hydrogen-bond acceptors (Lipinski definition) is 6. The molecule has 0 radical (unpaired) electrons. The average molecular weight is 311 g/mol. The Bertz CT molecular complexity index is 558. The van der Waals surface area contributed by atoms with Crippen molar-refractivity contribution in [2.75, 3.05) is 19.0 Å². The topological polar surface area (TPSA) is 59.9 Å². The monoisotopic (exact) mass is 310 g/mol. The minimum atomic E-state index is 0.364. The fraction of sp³-hybridized carbons (Fsp3) is 0.308. The molecule has 0 bridgehead atoms. The van der Waals surface area contributed by atoms with Crippen LogP contribution in [0.15, 0.2) is 34.4 Å². The predicted octanol–water partition coefficient (Wildman–Crippen LogP) is 3.25. The Morgan fingerprint density at radius 2 is 2.25 bits per heavy atom. The van der Waals surface area contributed by atoms with Gasteiger partial charge in [-0.15, -0.1) is 0 Å². The van der Waals surface area contributed by atoms with Crippen LogP contribution in [0.2, 0.25) is 5.02 Å². The van der Waals surface area contributed by atoms with Crippen molar-refractivity contribution in [3.8, 4) is 0 Å². The number of anilines is 1. The van der Waals surface area contributed by atoms with Crippen molar-refractivity contribution in [3.05, 3.63) is 35.2 Å². The van der Waals surface area contributed by atoms with Crippen LogP contribution >= 0.6 is 23.4 Å². The van der Waals surface area contributed by atoms with E-state index in [2.05, 4.69) is 20.3 Å². The summed E-state index contributed by atoms with van der Waals surface area (Å²) < 4.78 is 5.09. The molecule has 0 fully saturated rings. The Labute approximate surface area is 127 Å². The van der Waals surface area contributed by atoms with Crippen LogP contribution in [0, 0.1) is 0 Å². The van der Waals surface area contributed by atoms with Crippen LogP contribution in [0.4, 0.5) is 5.82 Å². The molecular weight excluding hydrogens is 296 g/mol. The van der Waals surface area contributed by atoms with Gasteiger partial charge in [0.2, 0.25) is 0 Å². The van der Waals surface area contributed by atoms with E-state index in [-0.39, 0.29) is 0 Å². The molecule has 2 aromatic rings. The third kappa shape index (κ3) is 4.06. The first-order valence-electron chi connectivity index (χ1n) is 6.12. The molecule has 0 aliphatic rings. The molecule has 1 N–H and O–H groups in total. The molecule has 0 amide bonds. The number of halogens is 1. The molecule has 0 atom stereocenters. The summed E-state index contributed by atoms with van der Waals surface area (Å²) in [5.74, 6) is 1.39. The van der Waals surface area contributed by atoms with Crippen molar-refractivity contribution in [2.24, 2.45) is 0 Å². The molecule has 7 heteroatoms. The van der Waals surface area contributed by atoms with E-state index in [1.807, 2.05) is 13.0 Å². The Morgan fingerprint density at radius 3 is 2.95 bits per heavy atom. The minimum Gasteiger partial charge on any atom is -0.377 e. The van der Waals surface area contributed by atoms with Gasteiger partial charge in [0.15, 0.2) is 5.82 Å². The number of nitrogens with one attached hydrogen (secondary N) is 1. The molecule has 0 unspecified atom stereocenters. The van der Waals surface area contributed by atoms with Crippen molar-refractivity contribution >= 4 is 29.2 Å². The number of hydrogen-bond donors (Lipinski definition) is 1. The second kappa shape index (κ2) is 7.42. The number of methoxy groups -OCH3 is 1. The van der Waals surface area contributed by atoms with Crippen LogP contribution < -0.4 is 5.32 Å². The van der Waals surface area contributed by atoms with E-state index in [0.717, 1.165) is 22.4 Å². The summed E-state index contributed by atoms with van der Waals surface area (Å²) in [5.41, 5.74) is 0. The van der Waals surface area contributed by atoms with Gasteiger partial charge in [0.25, 0.3) is 0 Å². The number of aromatic nitrogens is 3. The van der Waals surface area contributed by atoms with E-state index in [0.29, 0.717) is 17.5 Å². The van der Waals surface area contributed by atoms with Gasteiger partial charge in [-0.05, 0) is 30.8 Å². The molecule has 0 saturated heterocycles. The fourth-order valence-corrected chi connectivity index (χ4v) is 2.57. The van der Waals surface area contributed by atoms with E-state index in [4.69, 9.17) is 16.3 Å². The van der Waals surface area contributed by atoms with Gasteiger partial charge in [-0.25, -0.2) is 15.0 Å². The van der Waals surface area contributed by atoms with Crippen molar-refractivity contribution in [1.29, 1.82) is 0 Å². The van der Waals surface area contributed by atoms with E-state index in [1.165, 1.54) is 11.8 Å². The zero-order valence-electron chi connectivity index (χ0n) is 11.3. The molecule has 0 spiro atoms. The molecular formula is C13H15ClN4OS. The van der Waals surface area contributed by atoms with E-state index in [9.17, 15) is 0 Å². The first kappa shape index (κ1) is 15.0. The normalized spacial score (nSPS) is 10.6. The zero-order valence-corrected chi connectivity index (χ0v) is 12.8. The lowest BCUT2D eigenvalue weighted by Crippen LogP contribution is -2.05. The lowest BCUT2D eigenvalue weighted by Gasteiger charge is -2.08. The van der Waals surface area contributed by atoms with E-state index < -0.39 is 0 Å². The first-order chi connectivity index (χ1) is 9.72. The van der Waals surface area contributed by atoms with Gasteiger partial charge in [0.1, 0.15) is 22.5 Å². The highest BCUT2D eigenvalue weighted by Crippen LogP contribution is 2.30. The fourth-order valence-electron chi connectivity index (χ4n) is 1.54. The van der Waals surface area contributed by atoms with Crippen LogP contribution in [-0.2, 0) is 11.3 Å². The second-order valence-electron chi connectivity index (χ2n) is 3.86. The maximum absolute atomic E-state index is 6.11. The quantitative estimate of drug-likeness (QED) is 0.826. The third-order valence-corrected chi connectivity index (χ3v) is 3.66. The molecule has 0 saturated carbocycles. The molecule has 0 aliphatic carbocycles. The average Bonchev–Trinajstić information content (AvgIpc) is 2.42. The summed E-state index contributed by atoms with van der Waals surface area (Å²) in [7, 11) is 1.62. The standard InChI is InChI=1S/C13H15ClN4OS/c1-3-15-10-7-12(18-11(17-10)8-19-2)20-13-9(14)5-4-6-16-13/h4-7H,3,8H2,1-2H3,(H,15,17,18). The molecule has 0 aliphatic heterocycles. The van der Waals surface area contributed by atoms with Crippen LogP contribution in [0.3, 0.4) is 0 Å². The zero-order chi connectivity index (χ0) is 14.4. The largest absolute Gasteiger partial charge is 0.377 e. The lowest BCUT2D eigenvalue weighted by atomic mass is 10.5. The van der Waals surface area contributed by atoms with Crippen LogP contribution in [0.1, 0.15) is 12.7 Å². The molecule has 20 heavy (non-hydrogen) atoms. The highest BCUT2D eigenvalue weighted by atomic mass is 35.5. The number of pyridine rings is 1.